The SMILES string of the molecule is CC1CC1C(=O)N1CCCCC1c1nc(-c2cncc(S(C)(=O)=O)c2)no1. The van der Waals surface area contributed by atoms with Gasteiger partial charge in [0.05, 0.1) is 4.90 Å². The topological polar surface area (TPSA) is 106 Å². The minimum absolute atomic E-state index is 0.101. The van der Waals surface area contributed by atoms with Gasteiger partial charge in [-0.15, -0.1) is 0 Å². The van der Waals surface area contributed by atoms with Crippen LogP contribution in [0.1, 0.15) is 44.5 Å². The summed E-state index contributed by atoms with van der Waals surface area (Å²) in [5.41, 5.74) is 0.470. The zero-order chi connectivity index (χ0) is 19.2. The molecular weight excluding hydrogens is 368 g/mol. The monoisotopic (exact) mass is 390 g/mol. The van der Waals surface area contributed by atoms with E-state index in [2.05, 4.69) is 22.0 Å². The Kier molecular flexibility index (Phi) is 4.49. The van der Waals surface area contributed by atoms with Gasteiger partial charge in [-0.25, -0.2) is 8.42 Å². The molecule has 4 rings (SSSR count). The summed E-state index contributed by atoms with van der Waals surface area (Å²) >= 11 is 0. The molecule has 2 aromatic heterocycles. The van der Waals surface area contributed by atoms with Crippen molar-refractivity contribution in [2.24, 2.45) is 11.8 Å². The van der Waals surface area contributed by atoms with Gasteiger partial charge in [-0.3, -0.25) is 9.78 Å². The molecule has 0 radical (unpaired) electrons. The Morgan fingerprint density at radius 1 is 1.30 bits per heavy atom. The van der Waals surface area contributed by atoms with Crippen molar-refractivity contribution in [3.05, 3.63) is 24.4 Å². The first-order valence-electron chi connectivity index (χ1n) is 9.14. The van der Waals surface area contributed by atoms with Crippen LogP contribution in [0.5, 0.6) is 0 Å². The molecule has 2 aromatic rings. The molecule has 0 spiro atoms. The van der Waals surface area contributed by atoms with Crippen LogP contribution >= 0.6 is 0 Å². The number of carbonyl (C=O) groups excluding carboxylic acids is 1. The Balaban J connectivity index is 1.60. The number of pyridine rings is 1. The van der Waals surface area contributed by atoms with Crippen molar-refractivity contribution in [3.8, 4) is 11.4 Å². The van der Waals surface area contributed by atoms with Gasteiger partial charge >= 0.3 is 0 Å². The van der Waals surface area contributed by atoms with Crippen LogP contribution in [0.15, 0.2) is 27.9 Å². The van der Waals surface area contributed by atoms with E-state index in [0.717, 1.165) is 31.9 Å². The number of amides is 1. The number of nitrogens with zero attached hydrogens (tertiary/aromatic N) is 4. The van der Waals surface area contributed by atoms with Gasteiger partial charge in [0.15, 0.2) is 9.84 Å². The fourth-order valence-electron chi connectivity index (χ4n) is 3.56. The van der Waals surface area contributed by atoms with Gasteiger partial charge in [-0.2, -0.15) is 4.98 Å². The van der Waals surface area contributed by atoms with Gasteiger partial charge in [-0.05, 0) is 37.7 Å². The molecule has 3 atom stereocenters. The van der Waals surface area contributed by atoms with E-state index in [1.807, 2.05) is 4.90 Å². The fourth-order valence-corrected chi connectivity index (χ4v) is 4.16. The third-order valence-electron chi connectivity index (χ3n) is 5.34. The summed E-state index contributed by atoms with van der Waals surface area (Å²) in [6.07, 6.45) is 7.62. The molecule has 2 fully saturated rings. The molecule has 1 saturated heterocycles. The van der Waals surface area contributed by atoms with Crippen molar-refractivity contribution in [2.45, 2.75) is 43.5 Å². The van der Waals surface area contributed by atoms with Crippen LogP contribution in [0.2, 0.25) is 0 Å². The number of hydrogen-bond donors (Lipinski definition) is 0. The predicted octanol–water partition coefficient (Wildman–Crippen LogP) is 2.24. The highest BCUT2D eigenvalue weighted by atomic mass is 32.2. The van der Waals surface area contributed by atoms with Crippen molar-refractivity contribution in [2.75, 3.05) is 12.8 Å². The van der Waals surface area contributed by atoms with E-state index in [4.69, 9.17) is 4.52 Å². The molecule has 27 heavy (non-hydrogen) atoms. The summed E-state index contributed by atoms with van der Waals surface area (Å²) in [6.45, 7) is 2.80. The van der Waals surface area contributed by atoms with E-state index < -0.39 is 9.84 Å². The average molecular weight is 390 g/mol. The molecule has 144 valence electrons. The zero-order valence-corrected chi connectivity index (χ0v) is 16.1. The molecule has 0 N–H and O–H groups in total. The first-order chi connectivity index (χ1) is 12.8. The van der Waals surface area contributed by atoms with Crippen LogP contribution in [0.3, 0.4) is 0 Å². The summed E-state index contributed by atoms with van der Waals surface area (Å²) in [6, 6.07) is 1.26. The molecule has 8 nitrogen and oxygen atoms in total. The number of rotatable bonds is 4. The lowest BCUT2D eigenvalue weighted by atomic mass is 10.0. The van der Waals surface area contributed by atoms with Crippen LogP contribution in [-0.4, -0.2) is 47.2 Å². The largest absolute Gasteiger partial charge is 0.337 e. The van der Waals surface area contributed by atoms with E-state index in [1.165, 1.54) is 18.5 Å². The molecule has 1 amide bonds. The second-order valence-electron chi connectivity index (χ2n) is 7.50. The number of aromatic nitrogens is 3. The number of sulfone groups is 1. The lowest BCUT2D eigenvalue weighted by Gasteiger charge is -2.33. The predicted molar refractivity (Wildman–Crippen MR) is 96.2 cm³/mol. The highest BCUT2D eigenvalue weighted by Gasteiger charge is 2.44. The summed E-state index contributed by atoms with van der Waals surface area (Å²) < 4.78 is 28.9. The summed E-state index contributed by atoms with van der Waals surface area (Å²) in [7, 11) is -3.38. The molecule has 1 saturated carbocycles. The minimum Gasteiger partial charge on any atom is -0.337 e. The standard InChI is InChI=1S/C18H22N4O4S/c1-11-7-14(11)18(23)22-6-4-3-5-15(22)17-20-16(21-26-17)12-8-13(10-19-9-12)27(2,24)25/h8-11,14-15H,3-7H2,1-2H3. The average Bonchev–Trinajstić information content (AvgIpc) is 3.18. The third kappa shape index (κ3) is 3.60. The quantitative estimate of drug-likeness (QED) is 0.788. The van der Waals surface area contributed by atoms with E-state index in [9.17, 15) is 13.2 Å². The van der Waals surface area contributed by atoms with Gasteiger partial charge < -0.3 is 9.42 Å². The lowest BCUT2D eigenvalue weighted by Crippen LogP contribution is -2.39. The molecular formula is C18H22N4O4S. The van der Waals surface area contributed by atoms with Gasteiger partial charge in [0.2, 0.25) is 17.6 Å². The molecule has 1 aliphatic heterocycles. The Morgan fingerprint density at radius 2 is 2.07 bits per heavy atom. The summed E-state index contributed by atoms with van der Waals surface area (Å²) in [5.74, 6) is 1.41. The van der Waals surface area contributed by atoms with E-state index in [1.54, 1.807) is 0 Å². The number of piperidine rings is 1. The maximum atomic E-state index is 12.7. The molecule has 3 unspecified atom stereocenters. The Morgan fingerprint density at radius 3 is 2.78 bits per heavy atom. The molecule has 0 aromatic carbocycles. The van der Waals surface area contributed by atoms with Crippen LogP contribution in [0.4, 0.5) is 0 Å². The van der Waals surface area contributed by atoms with Crippen molar-refractivity contribution in [1.29, 1.82) is 0 Å². The summed E-state index contributed by atoms with van der Waals surface area (Å²) in [4.78, 5) is 23.1. The smallest absolute Gasteiger partial charge is 0.249 e. The van der Waals surface area contributed by atoms with Gasteiger partial charge in [0, 0.05) is 36.7 Å². The Hall–Kier alpha value is -2.29. The zero-order valence-electron chi connectivity index (χ0n) is 15.3. The maximum Gasteiger partial charge on any atom is 0.249 e. The van der Waals surface area contributed by atoms with Crippen molar-refractivity contribution >= 4 is 15.7 Å². The van der Waals surface area contributed by atoms with Gasteiger partial charge in [0.25, 0.3) is 0 Å². The van der Waals surface area contributed by atoms with Crippen LogP contribution in [-0.2, 0) is 14.6 Å². The number of hydrogen-bond acceptors (Lipinski definition) is 7. The van der Waals surface area contributed by atoms with Crippen LogP contribution in [0.25, 0.3) is 11.4 Å². The first-order valence-corrected chi connectivity index (χ1v) is 11.0. The van der Waals surface area contributed by atoms with E-state index in [-0.39, 0.29) is 28.6 Å². The Labute approximate surface area is 157 Å². The van der Waals surface area contributed by atoms with Gasteiger partial charge in [0.1, 0.15) is 6.04 Å². The van der Waals surface area contributed by atoms with Gasteiger partial charge in [-0.1, -0.05) is 12.1 Å². The highest BCUT2D eigenvalue weighted by molar-refractivity contribution is 7.90. The molecule has 1 aliphatic carbocycles. The Bertz CT molecular complexity index is 971. The minimum atomic E-state index is -3.38. The van der Waals surface area contributed by atoms with Crippen molar-refractivity contribution < 1.29 is 17.7 Å². The third-order valence-corrected chi connectivity index (χ3v) is 6.42. The normalized spacial score (nSPS) is 25.4. The summed E-state index contributed by atoms with van der Waals surface area (Å²) in [5, 5.41) is 4.00. The lowest BCUT2D eigenvalue weighted by molar-refractivity contribution is -0.137. The molecule has 2 aliphatic rings. The van der Waals surface area contributed by atoms with Crippen LogP contribution in [0, 0.1) is 11.8 Å². The van der Waals surface area contributed by atoms with Crippen molar-refractivity contribution in [3.63, 3.8) is 0 Å². The molecule has 3 heterocycles. The fraction of sp³-hybridized carbons (Fsp3) is 0.556. The van der Waals surface area contributed by atoms with Crippen molar-refractivity contribution in [1.82, 2.24) is 20.0 Å². The number of carbonyl (C=O) groups is 1. The highest BCUT2D eigenvalue weighted by Crippen LogP contribution is 2.42. The number of likely N-dealkylation sites (tertiary alicyclic amines) is 1. The maximum absolute atomic E-state index is 12.7. The second kappa shape index (κ2) is 6.70. The molecule has 0 bridgehead atoms. The first kappa shape index (κ1) is 18.1. The molecule has 9 heteroatoms. The van der Waals surface area contributed by atoms with E-state index in [0.29, 0.717) is 23.9 Å². The van der Waals surface area contributed by atoms with E-state index >= 15 is 0 Å². The second-order valence-corrected chi connectivity index (χ2v) is 9.52. The van der Waals surface area contributed by atoms with Crippen LogP contribution < -0.4 is 0 Å².